The number of hydrogen-bond acceptors (Lipinski definition) is 4. The monoisotopic (exact) mass is 416 g/mol. The fraction of sp³-hybridized carbons (Fsp3) is 0.409. The second-order valence-electron chi connectivity index (χ2n) is 8.04. The normalized spacial score (nSPS) is 17.2. The minimum atomic E-state index is -3.91. The van der Waals surface area contributed by atoms with Gasteiger partial charge < -0.3 is 10.0 Å². The van der Waals surface area contributed by atoms with Gasteiger partial charge in [-0.15, -0.1) is 0 Å². The van der Waals surface area contributed by atoms with Crippen molar-refractivity contribution in [2.45, 2.75) is 45.4 Å². The summed E-state index contributed by atoms with van der Waals surface area (Å²) < 4.78 is 28.4. The number of aromatic carboxylic acids is 1. The molecule has 29 heavy (non-hydrogen) atoms. The van der Waals surface area contributed by atoms with E-state index in [0.29, 0.717) is 11.5 Å². The summed E-state index contributed by atoms with van der Waals surface area (Å²) in [7, 11) is -3.91. The first-order chi connectivity index (χ1) is 13.6. The minimum Gasteiger partial charge on any atom is -0.478 e. The number of anilines is 2. The molecule has 0 spiro atoms. The van der Waals surface area contributed by atoms with Crippen LogP contribution in [-0.2, 0) is 10.0 Å². The van der Waals surface area contributed by atoms with Gasteiger partial charge in [-0.05, 0) is 80.5 Å². The highest BCUT2D eigenvalue weighted by Crippen LogP contribution is 2.29. The average Bonchev–Trinajstić information content (AvgIpc) is 2.64. The van der Waals surface area contributed by atoms with E-state index in [-0.39, 0.29) is 16.1 Å². The van der Waals surface area contributed by atoms with Gasteiger partial charge in [0.25, 0.3) is 10.0 Å². The lowest BCUT2D eigenvalue weighted by Crippen LogP contribution is -2.34. The Labute approximate surface area is 172 Å². The van der Waals surface area contributed by atoms with Crippen molar-refractivity contribution in [2.75, 3.05) is 22.7 Å². The zero-order valence-corrected chi connectivity index (χ0v) is 18.1. The van der Waals surface area contributed by atoms with Gasteiger partial charge in [-0.25, -0.2) is 13.2 Å². The van der Waals surface area contributed by atoms with Crippen LogP contribution in [0.2, 0.25) is 0 Å². The molecule has 1 aliphatic heterocycles. The third-order valence-corrected chi connectivity index (χ3v) is 7.09. The van der Waals surface area contributed by atoms with Gasteiger partial charge in [0.05, 0.1) is 16.1 Å². The highest BCUT2D eigenvalue weighted by Gasteiger charge is 2.23. The Morgan fingerprint density at radius 2 is 1.79 bits per heavy atom. The van der Waals surface area contributed by atoms with Gasteiger partial charge in [0, 0.05) is 18.8 Å². The maximum Gasteiger partial charge on any atom is 0.337 e. The number of carboxylic acids is 1. The summed E-state index contributed by atoms with van der Waals surface area (Å²) in [4.78, 5) is 14.2. The third-order valence-electron chi connectivity index (χ3n) is 5.58. The summed E-state index contributed by atoms with van der Waals surface area (Å²) in [5.41, 5.74) is 3.32. The van der Waals surface area contributed by atoms with Crippen LogP contribution in [0.1, 0.15) is 46.8 Å². The average molecular weight is 417 g/mol. The summed E-state index contributed by atoms with van der Waals surface area (Å²) in [6.45, 7) is 9.43. The first-order valence-electron chi connectivity index (χ1n) is 9.81. The number of aryl methyl sites for hydroxylation is 3. The Morgan fingerprint density at radius 1 is 1.10 bits per heavy atom. The van der Waals surface area contributed by atoms with Crippen LogP contribution in [0, 0.1) is 26.7 Å². The van der Waals surface area contributed by atoms with Crippen LogP contribution in [0.5, 0.6) is 0 Å². The molecular formula is C22H28N2O4S. The molecule has 1 saturated heterocycles. The van der Waals surface area contributed by atoms with E-state index in [1.807, 2.05) is 19.9 Å². The second-order valence-corrected chi connectivity index (χ2v) is 9.69. The third kappa shape index (κ3) is 4.56. The lowest BCUT2D eigenvalue weighted by atomic mass is 9.99. The van der Waals surface area contributed by atoms with Gasteiger partial charge in [-0.1, -0.05) is 13.0 Å². The molecule has 7 heteroatoms. The summed E-state index contributed by atoms with van der Waals surface area (Å²) in [6.07, 6.45) is 2.22. The molecule has 1 atom stereocenters. The lowest BCUT2D eigenvalue weighted by molar-refractivity contribution is 0.0698. The molecule has 0 aliphatic carbocycles. The molecule has 2 N–H and O–H groups in total. The molecular weight excluding hydrogens is 388 g/mol. The highest BCUT2D eigenvalue weighted by atomic mass is 32.2. The van der Waals surface area contributed by atoms with Gasteiger partial charge in [0.2, 0.25) is 0 Å². The number of nitrogens with zero attached hydrogens (tertiary/aromatic N) is 1. The van der Waals surface area contributed by atoms with E-state index >= 15 is 0 Å². The zero-order valence-electron chi connectivity index (χ0n) is 17.3. The van der Waals surface area contributed by atoms with Crippen molar-refractivity contribution >= 4 is 27.4 Å². The van der Waals surface area contributed by atoms with Crippen LogP contribution in [0.4, 0.5) is 11.4 Å². The molecule has 1 fully saturated rings. The number of nitrogens with one attached hydrogen (secondary N) is 1. The van der Waals surface area contributed by atoms with E-state index in [2.05, 4.69) is 16.5 Å². The number of hydrogen-bond donors (Lipinski definition) is 2. The molecule has 0 radical (unpaired) electrons. The van der Waals surface area contributed by atoms with E-state index in [4.69, 9.17) is 0 Å². The first kappa shape index (κ1) is 21.2. The van der Waals surface area contributed by atoms with Gasteiger partial charge in [-0.3, -0.25) is 4.72 Å². The SMILES string of the molecule is Cc1cc(C)c(S(=O)(=O)Nc2ccc(N3CCC[C@@H](C)C3)cc2C(=O)O)cc1C. The van der Waals surface area contributed by atoms with E-state index in [9.17, 15) is 18.3 Å². The fourth-order valence-corrected chi connectivity index (χ4v) is 5.23. The molecule has 0 amide bonds. The summed E-state index contributed by atoms with van der Waals surface area (Å²) in [5.74, 6) is -0.616. The maximum atomic E-state index is 13.0. The summed E-state index contributed by atoms with van der Waals surface area (Å²) in [6, 6.07) is 8.34. The van der Waals surface area contributed by atoms with Crippen molar-refractivity contribution in [3.63, 3.8) is 0 Å². The Balaban J connectivity index is 1.96. The summed E-state index contributed by atoms with van der Waals surface area (Å²) >= 11 is 0. The molecule has 0 bridgehead atoms. The molecule has 0 aromatic heterocycles. The van der Waals surface area contributed by atoms with E-state index < -0.39 is 16.0 Å². The van der Waals surface area contributed by atoms with Crippen molar-refractivity contribution in [1.29, 1.82) is 0 Å². The summed E-state index contributed by atoms with van der Waals surface area (Å²) in [5, 5.41) is 9.69. The van der Waals surface area contributed by atoms with Crippen molar-refractivity contribution in [3.05, 3.63) is 52.6 Å². The Bertz CT molecular complexity index is 1050. The molecule has 0 unspecified atom stereocenters. The Morgan fingerprint density at radius 3 is 2.45 bits per heavy atom. The minimum absolute atomic E-state index is 0.0502. The molecule has 1 aliphatic rings. The van der Waals surface area contributed by atoms with Crippen LogP contribution in [-0.4, -0.2) is 32.6 Å². The topological polar surface area (TPSA) is 86.7 Å². The smallest absolute Gasteiger partial charge is 0.337 e. The number of benzene rings is 2. The Hall–Kier alpha value is -2.54. The maximum absolute atomic E-state index is 13.0. The molecule has 6 nitrogen and oxygen atoms in total. The molecule has 2 aromatic carbocycles. The van der Waals surface area contributed by atoms with E-state index in [1.165, 1.54) is 0 Å². The number of rotatable bonds is 5. The van der Waals surface area contributed by atoms with Crippen LogP contribution in [0.3, 0.4) is 0 Å². The molecule has 3 rings (SSSR count). The number of piperidine rings is 1. The predicted molar refractivity (Wildman–Crippen MR) is 115 cm³/mol. The van der Waals surface area contributed by atoms with Crippen LogP contribution >= 0.6 is 0 Å². The quantitative estimate of drug-likeness (QED) is 0.757. The molecule has 2 aromatic rings. The Kier molecular flexibility index (Phi) is 5.89. The van der Waals surface area contributed by atoms with Crippen LogP contribution in [0.25, 0.3) is 0 Å². The van der Waals surface area contributed by atoms with E-state index in [1.54, 1.807) is 31.2 Å². The van der Waals surface area contributed by atoms with Crippen LogP contribution in [0.15, 0.2) is 35.2 Å². The van der Waals surface area contributed by atoms with Gasteiger partial charge in [0.1, 0.15) is 0 Å². The van der Waals surface area contributed by atoms with Gasteiger partial charge in [0.15, 0.2) is 0 Å². The molecule has 156 valence electrons. The second kappa shape index (κ2) is 8.06. The van der Waals surface area contributed by atoms with E-state index in [0.717, 1.165) is 42.7 Å². The first-order valence-corrected chi connectivity index (χ1v) is 11.3. The molecule has 0 saturated carbocycles. The van der Waals surface area contributed by atoms with Gasteiger partial charge >= 0.3 is 5.97 Å². The predicted octanol–water partition coefficient (Wildman–Crippen LogP) is 4.35. The largest absolute Gasteiger partial charge is 0.478 e. The van der Waals surface area contributed by atoms with Crippen molar-refractivity contribution in [2.24, 2.45) is 5.92 Å². The van der Waals surface area contributed by atoms with Gasteiger partial charge in [-0.2, -0.15) is 0 Å². The zero-order chi connectivity index (χ0) is 21.3. The number of carbonyl (C=O) groups is 1. The standard InChI is InChI=1S/C22H28N2O4S/c1-14-6-5-9-24(13-14)18-7-8-20(19(12-18)22(25)26)23-29(27,28)21-11-16(3)15(2)10-17(21)4/h7-8,10-12,14,23H,5-6,9,13H2,1-4H3,(H,25,26)/t14-/m1/s1. The fourth-order valence-electron chi connectivity index (χ4n) is 3.84. The van der Waals surface area contributed by atoms with Crippen molar-refractivity contribution in [3.8, 4) is 0 Å². The number of carboxylic acid groups (broad SMARTS) is 1. The highest BCUT2D eigenvalue weighted by molar-refractivity contribution is 7.92. The number of sulfonamides is 1. The van der Waals surface area contributed by atoms with Crippen molar-refractivity contribution < 1.29 is 18.3 Å². The van der Waals surface area contributed by atoms with Crippen molar-refractivity contribution in [1.82, 2.24) is 0 Å². The molecule has 1 heterocycles. The lowest BCUT2D eigenvalue weighted by Gasteiger charge is -2.33. The van der Waals surface area contributed by atoms with Crippen LogP contribution < -0.4 is 9.62 Å².